The van der Waals surface area contributed by atoms with Gasteiger partial charge in [0.1, 0.15) is 0 Å². The lowest BCUT2D eigenvalue weighted by molar-refractivity contribution is 0.174. The number of nitrogens with one attached hydrogen (secondary N) is 2. The van der Waals surface area contributed by atoms with Gasteiger partial charge in [0.2, 0.25) is 6.79 Å². The van der Waals surface area contributed by atoms with Gasteiger partial charge in [-0.25, -0.2) is 4.79 Å². The summed E-state index contributed by atoms with van der Waals surface area (Å²) in [5.41, 5.74) is 1.55. The number of hydrogen-bond acceptors (Lipinski definition) is 3. The number of carbonyl (C=O) groups is 1. The Bertz CT molecular complexity index is 457. The highest BCUT2D eigenvalue weighted by atomic mass is 16.7. The minimum atomic E-state index is -0.268. The molecule has 90 valence electrons. The number of allylic oxidation sites excluding steroid dienone is 1. The summed E-state index contributed by atoms with van der Waals surface area (Å²) in [4.78, 5) is 11.3. The van der Waals surface area contributed by atoms with Gasteiger partial charge in [-0.3, -0.25) is 0 Å². The molecule has 0 aromatic heterocycles. The molecule has 17 heavy (non-hydrogen) atoms. The molecule has 1 heterocycles. The van der Waals surface area contributed by atoms with Gasteiger partial charge in [-0.05, 0) is 24.6 Å². The van der Waals surface area contributed by atoms with Gasteiger partial charge in [-0.15, -0.1) is 0 Å². The van der Waals surface area contributed by atoms with Crippen LogP contribution in [0.15, 0.2) is 30.5 Å². The third-order valence-electron chi connectivity index (χ3n) is 2.22. The molecule has 0 saturated heterocycles. The topological polar surface area (TPSA) is 59.6 Å². The minimum Gasteiger partial charge on any atom is -0.454 e. The molecule has 1 aliphatic heterocycles. The van der Waals surface area contributed by atoms with E-state index in [4.69, 9.17) is 9.47 Å². The van der Waals surface area contributed by atoms with E-state index in [2.05, 4.69) is 17.2 Å². The van der Waals surface area contributed by atoms with E-state index in [0.29, 0.717) is 18.0 Å². The van der Waals surface area contributed by atoms with E-state index in [1.54, 1.807) is 6.92 Å². The van der Waals surface area contributed by atoms with E-state index in [1.807, 2.05) is 18.2 Å². The second kappa shape index (κ2) is 4.78. The van der Waals surface area contributed by atoms with Crippen molar-refractivity contribution < 1.29 is 14.3 Å². The molecule has 5 nitrogen and oxygen atoms in total. The minimum absolute atomic E-state index is 0.252. The molecule has 0 radical (unpaired) electrons. The zero-order valence-corrected chi connectivity index (χ0v) is 9.58. The molecule has 2 rings (SSSR count). The Labute approximate surface area is 99.4 Å². The van der Waals surface area contributed by atoms with Gasteiger partial charge in [0.25, 0.3) is 0 Å². The summed E-state index contributed by atoms with van der Waals surface area (Å²) in [6, 6.07) is 5.30. The number of carbonyl (C=O) groups excluding carboxylic acids is 1. The highest BCUT2D eigenvalue weighted by molar-refractivity contribution is 5.75. The van der Waals surface area contributed by atoms with Crippen molar-refractivity contribution in [2.24, 2.45) is 0 Å². The van der Waals surface area contributed by atoms with Crippen molar-refractivity contribution in [3.8, 4) is 11.5 Å². The molecule has 0 bridgehead atoms. The van der Waals surface area contributed by atoms with Crippen LogP contribution in [-0.4, -0.2) is 12.8 Å². The van der Waals surface area contributed by atoms with E-state index in [0.717, 1.165) is 11.3 Å². The van der Waals surface area contributed by atoms with Gasteiger partial charge < -0.3 is 20.1 Å². The van der Waals surface area contributed by atoms with Crippen molar-refractivity contribution in [1.82, 2.24) is 10.6 Å². The van der Waals surface area contributed by atoms with Crippen LogP contribution in [0, 0.1) is 0 Å². The van der Waals surface area contributed by atoms with Crippen LogP contribution in [0.25, 0.3) is 0 Å². The molecule has 2 amide bonds. The molecule has 5 heteroatoms. The summed E-state index contributed by atoms with van der Waals surface area (Å²) < 4.78 is 10.4. The van der Waals surface area contributed by atoms with Crippen LogP contribution in [-0.2, 0) is 6.54 Å². The first-order valence-electron chi connectivity index (χ1n) is 5.24. The quantitative estimate of drug-likeness (QED) is 0.837. The summed E-state index contributed by atoms with van der Waals surface area (Å²) in [5, 5.41) is 5.28. The number of fused-ring (bicyclic) bond motifs is 1. The summed E-state index contributed by atoms with van der Waals surface area (Å²) in [5.74, 6) is 1.45. The zero-order valence-electron chi connectivity index (χ0n) is 9.58. The normalized spacial score (nSPS) is 12.1. The third-order valence-corrected chi connectivity index (χ3v) is 2.22. The fourth-order valence-corrected chi connectivity index (χ4v) is 1.47. The van der Waals surface area contributed by atoms with E-state index in [9.17, 15) is 4.79 Å². The molecular weight excluding hydrogens is 220 g/mol. The van der Waals surface area contributed by atoms with E-state index >= 15 is 0 Å². The Kier molecular flexibility index (Phi) is 3.18. The number of rotatable bonds is 3. The lowest BCUT2D eigenvalue weighted by Crippen LogP contribution is -2.33. The second-order valence-electron chi connectivity index (χ2n) is 3.78. The first-order chi connectivity index (χ1) is 8.15. The summed E-state index contributed by atoms with van der Waals surface area (Å²) in [6.45, 7) is 5.99. The second-order valence-corrected chi connectivity index (χ2v) is 3.78. The Hall–Kier alpha value is -2.17. The Morgan fingerprint density at radius 2 is 2.18 bits per heavy atom. The van der Waals surface area contributed by atoms with Crippen molar-refractivity contribution in [2.75, 3.05) is 6.79 Å². The largest absolute Gasteiger partial charge is 0.454 e. The van der Waals surface area contributed by atoms with Crippen LogP contribution >= 0.6 is 0 Å². The predicted octanol–water partition coefficient (Wildman–Crippen LogP) is 1.75. The molecule has 0 atom stereocenters. The third kappa shape index (κ3) is 2.90. The van der Waals surface area contributed by atoms with Gasteiger partial charge in [-0.2, -0.15) is 0 Å². The predicted molar refractivity (Wildman–Crippen MR) is 62.8 cm³/mol. The molecule has 0 unspecified atom stereocenters. The number of ether oxygens (including phenoxy) is 2. The van der Waals surface area contributed by atoms with Crippen LogP contribution in [0.3, 0.4) is 0 Å². The SMILES string of the molecule is C=C(C)NC(=O)NCc1ccc2c(c1)OCO2. The molecule has 0 fully saturated rings. The van der Waals surface area contributed by atoms with E-state index in [-0.39, 0.29) is 12.8 Å². The Morgan fingerprint density at radius 1 is 1.41 bits per heavy atom. The smallest absolute Gasteiger partial charge is 0.319 e. The standard InChI is InChI=1S/C12H14N2O3/c1-8(2)14-12(15)13-6-9-3-4-10-11(5-9)17-7-16-10/h3-5H,1,6-7H2,2H3,(H2,13,14,15). The summed E-state index contributed by atoms with van der Waals surface area (Å²) >= 11 is 0. The molecule has 0 saturated carbocycles. The fraction of sp³-hybridized carbons (Fsp3) is 0.250. The molecule has 0 aliphatic carbocycles. The van der Waals surface area contributed by atoms with Crippen LogP contribution in [0.1, 0.15) is 12.5 Å². The first-order valence-corrected chi connectivity index (χ1v) is 5.24. The maximum Gasteiger partial charge on any atom is 0.319 e. The van der Waals surface area contributed by atoms with Crippen LogP contribution < -0.4 is 20.1 Å². The average molecular weight is 234 g/mol. The lowest BCUT2D eigenvalue weighted by atomic mass is 10.2. The monoisotopic (exact) mass is 234 g/mol. The van der Waals surface area contributed by atoms with Crippen molar-refractivity contribution in [3.05, 3.63) is 36.0 Å². The van der Waals surface area contributed by atoms with Gasteiger partial charge in [0, 0.05) is 12.2 Å². The zero-order chi connectivity index (χ0) is 12.3. The lowest BCUT2D eigenvalue weighted by Gasteiger charge is -2.07. The maximum atomic E-state index is 11.3. The van der Waals surface area contributed by atoms with E-state index < -0.39 is 0 Å². The molecule has 1 aromatic carbocycles. The summed E-state index contributed by atoms with van der Waals surface area (Å²) in [6.07, 6.45) is 0. The maximum absolute atomic E-state index is 11.3. The molecule has 1 aromatic rings. The molecular formula is C12H14N2O3. The van der Waals surface area contributed by atoms with Crippen molar-refractivity contribution in [2.45, 2.75) is 13.5 Å². The molecule has 1 aliphatic rings. The highest BCUT2D eigenvalue weighted by Crippen LogP contribution is 2.32. The Morgan fingerprint density at radius 3 is 2.94 bits per heavy atom. The number of hydrogen-bond donors (Lipinski definition) is 2. The van der Waals surface area contributed by atoms with Gasteiger partial charge in [0.05, 0.1) is 0 Å². The molecule has 2 N–H and O–H groups in total. The van der Waals surface area contributed by atoms with Crippen LogP contribution in [0.2, 0.25) is 0 Å². The van der Waals surface area contributed by atoms with Crippen LogP contribution in [0.5, 0.6) is 11.5 Å². The van der Waals surface area contributed by atoms with Crippen molar-refractivity contribution in [3.63, 3.8) is 0 Å². The van der Waals surface area contributed by atoms with Gasteiger partial charge >= 0.3 is 6.03 Å². The van der Waals surface area contributed by atoms with Crippen molar-refractivity contribution in [1.29, 1.82) is 0 Å². The van der Waals surface area contributed by atoms with Gasteiger partial charge in [-0.1, -0.05) is 12.6 Å². The van der Waals surface area contributed by atoms with Crippen LogP contribution in [0.4, 0.5) is 4.79 Å². The number of benzene rings is 1. The first kappa shape index (κ1) is 11.3. The van der Waals surface area contributed by atoms with Crippen molar-refractivity contribution >= 4 is 6.03 Å². The highest BCUT2D eigenvalue weighted by Gasteiger charge is 2.13. The number of amides is 2. The number of urea groups is 1. The molecule has 0 spiro atoms. The summed E-state index contributed by atoms with van der Waals surface area (Å²) in [7, 11) is 0. The fourth-order valence-electron chi connectivity index (χ4n) is 1.47. The van der Waals surface area contributed by atoms with Gasteiger partial charge in [0.15, 0.2) is 11.5 Å². The average Bonchev–Trinajstić information content (AvgIpc) is 2.72. The van der Waals surface area contributed by atoms with E-state index in [1.165, 1.54) is 0 Å². The Balaban J connectivity index is 1.91.